The van der Waals surface area contributed by atoms with Crippen LogP contribution in [0.5, 0.6) is 0 Å². The van der Waals surface area contributed by atoms with Crippen molar-refractivity contribution in [2.75, 3.05) is 17.5 Å². The van der Waals surface area contributed by atoms with Crippen molar-refractivity contribution >= 4 is 28.7 Å². The van der Waals surface area contributed by atoms with E-state index in [1.54, 1.807) is 4.90 Å². The van der Waals surface area contributed by atoms with Gasteiger partial charge in [0.1, 0.15) is 5.60 Å². The molecule has 0 spiro atoms. The number of hydrogen-bond donors (Lipinski definition) is 0. The fourth-order valence-electron chi connectivity index (χ4n) is 1.72. The number of likely N-dealkylation sites (N-methyl/N-ethyl adjacent to an activating group) is 1. The molecule has 0 saturated heterocycles. The van der Waals surface area contributed by atoms with Crippen LogP contribution in [0.25, 0.3) is 0 Å². The van der Waals surface area contributed by atoms with Crippen LogP contribution in [0.15, 0.2) is 0 Å². The predicted molar refractivity (Wildman–Crippen MR) is 87.0 cm³/mol. The van der Waals surface area contributed by atoms with E-state index >= 15 is 0 Å². The first-order chi connectivity index (χ1) is 8.53. The molecular weight excluding hydrogens is 357 g/mol. The molecule has 0 aliphatic heterocycles. The summed E-state index contributed by atoms with van der Waals surface area (Å²) >= 11 is 2.30. The summed E-state index contributed by atoms with van der Waals surface area (Å²) in [5.41, 5.74) is -0.814. The van der Waals surface area contributed by atoms with E-state index in [0.717, 1.165) is 4.43 Å². The van der Waals surface area contributed by atoms with E-state index in [9.17, 15) is 4.79 Å². The maximum Gasteiger partial charge on any atom is 0.410 e. The summed E-state index contributed by atoms with van der Waals surface area (Å²) in [7, 11) is 0. The molecule has 4 nitrogen and oxygen atoms in total. The van der Waals surface area contributed by atoms with Gasteiger partial charge in [0, 0.05) is 11.0 Å². The quantitative estimate of drug-likeness (QED) is 0.515. The number of halogens is 1. The van der Waals surface area contributed by atoms with Gasteiger partial charge in [-0.3, -0.25) is 0 Å². The zero-order valence-corrected chi connectivity index (χ0v) is 15.4. The molecule has 114 valence electrons. The van der Waals surface area contributed by atoms with Crippen molar-refractivity contribution in [3.05, 3.63) is 0 Å². The molecule has 0 aliphatic carbocycles. The predicted octanol–water partition coefficient (Wildman–Crippen LogP) is 3.86. The second-order valence-electron chi connectivity index (χ2n) is 6.24. The maximum absolute atomic E-state index is 12.1. The lowest BCUT2D eigenvalue weighted by Gasteiger charge is -2.36. The molecule has 5 heteroatoms. The third-order valence-electron chi connectivity index (χ3n) is 2.36. The van der Waals surface area contributed by atoms with Crippen LogP contribution < -0.4 is 0 Å². The van der Waals surface area contributed by atoms with Crippen LogP contribution in [0, 0.1) is 0 Å². The molecule has 0 N–H and O–H groups in total. The van der Waals surface area contributed by atoms with E-state index < -0.39 is 5.60 Å². The Bertz CT molecular complexity index is 289. The van der Waals surface area contributed by atoms with Crippen LogP contribution in [-0.2, 0) is 9.47 Å². The average molecular weight is 385 g/mol. The van der Waals surface area contributed by atoms with Crippen LogP contribution in [-0.4, -0.2) is 45.8 Å². The summed E-state index contributed by atoms with van der Waals surface area (Å²) in [6, 6.07) is 0. The average Bonchev–Trinajstić information content (AvgIpc) is 2.22. The summed E-state index contributed by atoms with van der Waals surface area (Å²) in [6.45, 7) is 14.8. The minimum atomic E-state index is -0.468. The first kappa shape index (κ1) is 19.0. The van der Waals surface area contributed by atoms with Crippen molar-refractivity contribution in [2.45, 2.75) is 65.8 Å². The summed E-state index contributed by atoms with van der Waals surface area (Å²) in [5.74, 6) is 0. The van der Waals surface area contributed by atoms with E-state index in [-0.39, 0.29) is 17.8 Å². The molecule has 0 saturated carbocycles. The minimum absolute atomic E-state index is 0.136. The van der Waals surface area contributed by atoms with Crippen molar-refractivity contribution in [3.63, 3.8) is 0 Å². The van der Waals surface area contributed by atoms with Crippen molar-refractivity contribution in [1.82, 2.24) is 4.90 Å². The summed E-state index contributed by atoms with van der Waals surface area (Å²) < 4.78 is 12.2. The highest BCUT2D eigenvalue weighted by molar-refractivity contribution is 14.1. The lowest BCUT2D eigenvalue weighted by Crippen LogP contribution is -2.49. The van der Waals surface area contributed by atoms with Crippen molar-refractivity contribution in [3.8, 4) is 0 Å². The van der Waals surface area contributed by atoms with Gasteiger partial charge in [-0.25, -0.2) is 4.79 Å². The van der Waals surface area contributed by atoms with Gasteiger partial charge in [0.2, 0.25) is 0 Å². The fraction of sp³-hybridized carbons (Fsp3) is 0.929. The molecule has 1 atom stereocenters. The number of hydrogen-bond acceptors (Lipinski definition) is 3. The van der Waals surface area contributed by atoms with Gasteiger partial charge in [0.25, 0.3) is 0 Å². The second-order valence-corrected chi connectivity index (χ2v) is 7.01. The Hall–Kier alpha value is -0.0400. The third-order valence-corrected chi connectivity index (χ3v) is 3.98. The third kappa shape index (κ3) is 7.97. The molecule has 0 rings (SSSR count). The largest absolute Gasteiger partial charge is 0.444 e. The van der Waals surface area contributed by atoms with Gasteiger partial charge >= 0.3 is 6.09 Å². The van der Waals surface area contributed by atoms with Crippen LogP contribution in [0.3, 0.4) is 0 Å². The first-order valence-corrected chi connectivity index (χ1v) is 8.27. The normalized spacial score (nSPS) is 15.2. The summed E-state index contributed by atoms with van der Waals surface area (Å²) in [5, 5.41) is 0. The molecule has 19 heavy (non-hydrogen) atoms. The van der Waals surface area contributed by atoms with Crippen molar-refractivity contribution < 1.29 is 14.3 Å². The number of nitrogens with zero attached hydrogens (tertiary/aromatic N) is 1. The highest BCUT2D eigenvalue weighted by Crippen LogP contribution is 2.20. The highest BCUT2D eigenvalue weighted by Gasteiger charge is 2.31. The molecule has 1 unspecified atom stereocenters. The Morgan fingerprint density at radius 1 is 1.26 bits per heavy atom. The number of rotatable bonds is 6. The monoisotopic (exact) mass is 385 g/mol. The number of carbonyl (C=O) groups excluding carboxylic acids is 1. The topological polar surface area (TPSA) is 38.8 Å². The Labute approximate surface area is 131 Å². The van der Waals surface area contributed by atoms with Gasteiger partial charge < -0.3 is 14.4 Å². The zero-order valence-electron chi connectivity index (χ0n) is 13.2. The number of alkyl halides is 1. The van der Waals surface area contributed by atoms with E-state index in [0.29, 0.717) is 13.1 Å². The second kappa shape index (κ2) is 7.67. The smallest absolute Gasteiger partial charge is 0.410 e. The van der Waals surface area contributed by atoms with Gasteiger partial charge in [0.15, 0.2) is 0 Å². The van der Waals surface area contributed by atoms with Crippen LogP contribution >= 0.6 is 22.6 Å². The molecule has 0 aromatic rings. The number of carbonyl (C=O) groups is 1. The number of ether oxygens (including phenoxy) is 2. The molecule has 0 aliphatic rings. The van der Waals surface area contributed by atoms with Crippen LogP contribution in [0.1, 0.15) is 48.5 Å². The molecule has 0 heterocycles. The van der Waals surface area contributed by atoms with E-state index in [1.807, 2.05) is 48.5 Å². The Balaban J connectivity index is 4.73. The van der Waals surface area contributed by atoms with E-state index in [1.165, 1.54) is 0 Å². The van der Waals surface area contributed by atoms with Crippen molar-refractivity contribution in [2.24, 2.45) is 0 Å². The Kier molecular flexibility index (Phi) is 7.65. The van der Waals surface area contributed by atoms with Gasteiger partial charge in [0.05, 0.1) is 18.2 Å². The lowest BCUT2D eigenvalue weighted by molar-refractivity contribution is -0.0696. The number of amides is 1. The van der Waals surface area contributed by atoms with Gasteiger partial charge in [-0.2, -0.15) is 0 Å². The van der Waals surface area contributed by atoms with Crippen LogP contribution in [0.4, 0.5) is 4.79 Å². The van der Waals surface area contributed by atoms with Gasteiger partial charge in [-0.1, -0.05) is 22.6 Å². The van der Waals surface area contributed by atoms with E-state index in [4.69, 9.17) is 9.47 Å². The summed E-state index contributed by atoms with van der Waals surface area (Å²) in [4.78, 5) is 13.8. The molecule has 1 amide bonds. The minimum Gasteiger partial charge on any atom is -0.444 e. The zero-order chi connectivity index (χ0) is 15.3. The highest BCUT2D eigenvalue weighted by atomic mass is 127. The van der Waals surface area contributed by atoms with E-state index in [2.05, 4.69) is 22.6 Å². The molecular formula is C14H28INO3. The van der Waals surface area contributed by atoms with Crippen molar-refractivity contribution in [1.29, 1.82) is 0 Å². The maximum atomic E-state index is 12.1. The molecule has 0 fully saturated rings. The van der Waals surface area contributed by atoms with Gasteiger partial charge in [-0.15, -0.1) is 0 Å². The molecule has 0 radical (unpaired) electrons. The van der Waals surface area contributed by atoms with Gasteiger partial charge in [-0.05, 0) is 48.5 Å². The standard InChI is InChI=1S/C14H28INO3/c1-8-16(12(17)19-13(4,5)6)10-14(7,9-15)18-11(2)3/h11H,8-10H2,1-7H3. The SMILES string of the molecule is CCN(CC(C)(CI)OC(C)C)C(=O)OC(C)(C)C. The Morgan fingerprint density at radius 2 is 1.79 bits per heavy atom. The molecule has 0 aromatic carbocycles. The fourth-order valence-corrected chi connectivity index (χ4v) is 2.14. The lowest BCUT2D eigenvalue weighted by atomic mass is 10.1. The molecule has 0 bridgehead atoms. The first-order valence-electron chi connectivity index (χ1n) is 6.74. The Morgan fingerprint density at radius 3 is 2.11 bits per heavy atom. The van der Waals surface area contributed by atoms with Crippen LogP contribution in [0.2, 0.25) is 0 Å². The molecule has 0 aromatic heterocycles. The summed E-state index contributed by atoms with van der Waals surface area (Å²) in [6.07, 6.45) is -0.143.